The van der Waals surface area contributed by atoms with Gasteiger partial charge >= 0.3 is 18.3 Å². The number of ether oxygens (including phenoxy) is 3. The van der Waals surface area contributed by atoms with E-state index in [1.807, 2.05) is 0 Å². The first-order valence-electron chi connectivity index (χ1n) is 13.9. The first kappa shape index (κ1) is 34.1. The zero-order valence-electron chi connectivity index (χ0n) is 25.7. The van der Waals surface area contributed by atoms with Gasteiger partial charge in [-0.3, -0.25) is 4.79 Å². The van der Waals surface area contributed by atoms with Gasteiger partial charge in [0.15, 0.2) is 5.78 Å². The molecule has 4 rings (SSSR count). The lowest BCUT2D eigenvalue weighted by molar-refractivity contribution is -0.288. The van der Waals surface area contributed by atoms with Crippen molar-refractivity contribution in [1.29, 1.82) is 0 Å². The van der Waals surface area contributed by atoms with Crippen molar-refractivity contribution in [3.63, 3.8) is 0 Å². The molecule has 0 saturated carbocycles. The fourth-order valence-corrected chi connectivity index (χ4v) is 5.50. The smallest absolute Gasteiger partial charge is 0.411 e. The van der Waals surface area contributed by atoms with Gasteiger partial charge in [-0.1, -0.05) is 24.3 Å². The Balaban J connectivity index is 1.68. The number of benzene rings is 4. The number of hydrogen-bond donors (Lipinski definition) is 0. The Morgan fingerprint density at radius 1 is 0.587 bits per heavy atom. The lowest BCUT2D eigenvalue weighted by atomic mass is 9.71. The van der Waals surface area contributed by atoms with Gasteiger partial charge in [-0.05, 0) is 117 Å². The minimum atomic E-state index is -5.80. The molecule has 0 N–H and O–H groups in total. The molecule has 0 unspecified atom stereocenters. The van der Waals surface area contributed by atoms with Crippen molar-refractivity contribution in [3.05, 3.63) is 117 Å². The van der Waals surface area contributed by atoms with Crippen LogP contribution < -0.4 is 14.2 Å². The average Bonchev–Trinajstić information content (AvgIpc) is 2.94. The van der Waals surface area contributed by atoms with Crippen LogP contribution in [0.5, 0.6) is 23.0 Å². The molecule has 0 aliphatic carbocycles. The Labute approximate surface area is 261 Å². The monoisotopic (exact) mass is 644 g/mol. The molecule has 0 heterocycles. The van der Waals surface area contributed by atoms with Crippen LogP contribution in [0, 0.1) is 27.7 Å². The zero-order chi connectivity index (χ0) is 34.2. The normalized spacial score (nSPS) is 12.1. The fourth-order valence-electron chi connectivity index (χ4n) is 5.50. The van der Waals surface area contributed by atoms with Crippen LogP contribution in [0.15, 0.2) is 72.8 Å². The van der Waals surface area contributed by atoms with Gasteiger partial charge in [-0.25, -0.2) is 4.79 Å². The summed E-state index contributed by atoms with van der Waals surface area (Å²) in [5.74, 6) is -0.156. The minimum absolute atomic E-state index is 0.0614. The van der Waals surface area contributed by atoms with Crippen molar-refractivity contribution >= 4 is 11.8 Å². The first-order chi connectivity index (χ1) is 21.4. The molecule has 0 aliphatic heterocycles. The zero-order valence-corrected chi connectivity index (χ0v) is 25.7. The highest BCUT2D eigenvalue weighted by Crippen LogP contribution is 2.57. The highest BCUT2D eigenvalue weighted by Gasteiger charge is 2.72. The molecule has 0 aromatic heterocycles. The highest BCUT2D eigenvalue weighted by molar-refractivity contribution is 5.94. The summed E-state index contributed by atoms with van der Waals surface area (Å²) in [5.41, 5.74) is -5.87. The van der Waals surface area contributed by atoms with Gasteiger partial charge in [0.2, 0.25) is 5.41 Å². The molecule has 11 heteroatoms. The second-order valence-corrected chi connectivity index (χ2v) is 10.9. The van der Waals surface area contributed by atoms with Gasteiger partial charge in [0.1, 0.15) is 23.0 Å². The third-order valence-corrected chi connectivity index (χ3v) is 7.62. The second-order valence-electron chi connectivity index (χ2n) is 10.9. The molecular formula is C35H30F6O5. The Morgan fingerprint density at radius 2 is 0.957 bits per heavy atom. The van der Waals surface area contributed by atoms with Gasteiger partial charge in [-0.2, -0.15) is 26.3 Å². The Morgan fingerprint density at radius 3 is 1.30 bits per heavy atom. The molecule has 0 radical (unpaired) electrons. The number of Topliss-reactive ketones (excluding diaryl/α,β-unsaturated/α-hetero) is 1. The molecule has 4 aromatic rings. The van der Waals surface area contributed by atoms with E-state index < -0.39 is 34.9 Å². The maximum atomic E-state index is 14.8. The SMILES string of the molecule is COc1c(C)cc(C(c2cc(C)c(OC(=O)c3ccc(Oc4ccc(C(C)=O)cc4)cc3)c(C)c2)(C(F)(F)F)C(F)(F)F)cc1C. The highest BCUT2D eigenvalue weighted by atomic mass is 19.4. The largest absolute Gasteiger partial charge is 0.496 e. The van der Waals surface area contributed by atoms with Crippen LogP contribution in [-0.4, -0.2) is 31.2 Å². The summed E-state index contributed by atoms with van der Waals surface area (Å²) in [6.07, 6.45) is -11.6. The molecule has 242 valence electrons. The van der Waals surface area contributed by atoms with Crippen molar-refractivity contribution < 1.29 is 50.1 Å². The van der Waals surface area contributed by atoms with Crippen molar-refractivity contribution in [1.82, 2.24) is 0 Å². The average molecular weight is 645 g/mol. The summed E-state index contributed by atoms with van der Waals surface area (Å²) in [6, 6.07) is 15.4. The summed E-state index contributed by atoms with van der Waals surface area (Å²) < 4.78 is 105. The number of esters is 1. The van der Waals surface area contributed by atoms with Crippen LogP contribution in [0.25, 0.3) is 0 Å². The summed E-state index contributed by atoms with van der Waals surface area (Å²) in [5, 5.41) is 0. The minimum Gasteiger partial charge on any atom is -0.496 e. The molecule has 4 aromatic carbocycles. The molecule has 0 atom stereocenters. The summed E-state index contributed by atoms with van der Waals surface area (Å²) in [6.45, 7) is 6.73. The lowest BCUT2D eigenvalue weighted by Crippen LogP contribution is -2.55. The number of hydrogen-bond acceptors (Lipinski definition) is 5. The van der Waals surface area contributed by atoms with Crippen molar-refractivity contribution in [2.75, 3.05) is 7.11 Å². The number of rotatable bonds is 8. The number of halogens is 6. The predicted molar refractivity (Wildman–Crippen MR) is 159 cm³/mol. The van der Waals surface area contributed by atoms with E-state index in [9.17, 15) is 35.9 Å². The van der Waals surface area contributed by atoms with Gasteiger partial charge < -0.3 is 14.2 Å². The summed E-state index contributed by atoms with van der Waals surface area (Å²) >= 11 is 0. The summed E-state index contributed by atoms with van der Waals surface area (Å²) in [7, 11) is 1.28. The number of ketones is 1. The maximum absolute atomic E-state index is 14.8. The molecule has 0 amide bonds. The van der Waals surface area contributed by atoms with Gasteiger partial charge in [-0.15, -0.1) is 0 Å². The molecular weight excluding hydrogens is 614 g/mol. The molecule has 0 saturated heterocycles. The molecule has 0 aliphatic rings. The van der Waals surface area contributed by atoms with Crippen LogP contribution in [0.2, 0.25) is 0 Å². The van der Waals surface area contributed by atoms with E-state index in [-0.39, 0.29) is 45.1 Å². The van der Waals surface area contributed by atoms with Crippen LogP contribution in [0.3, 0.4) is 0 Å². The number of methoxy groups -OCH3 is 1. The molecule has 0 fully saturated rings. The van der Waals surface area contributed by atoms with Crippen LogP contribution in [0.4, 0.5) is 26.3 Å². The number of carbonyl (C=O) groups is 2. The third kappa shape index (κ3) is 6.31. The van der Waals surface area contributed by atoms with E-state index in [0.29, 0.717) is 17.1 Å². The van der Waals surface area contributed by atoms with Crippen molar-refractivity contribution in [2.45, 2.75) is 52.4 Å². The summed E-state index contributed by atoms with van der Waals surface area (Å²) in [4.78, 5) is 24.4. The molecule has 0 spiro atoms. The topological polar surface area (TPSA) is 61.8 Å². The Bertz CT molecular complexity index is 1710. The molecule has 0 bridgehead atoms. The van der Waals surface area contributed by atoms with Crippen LogP contribution in [-0.2, 0) is 5.41 Å². The second kappa shape index (κ2) is 12.5. The van der Waals surface area contributed by atoms with Gasteiger partial charge in [0.05, 0.1) is 12.7 Å². The number of carbonyl (C=O) groups excluding carboxylic acids is 2. The maximum Gasteiger partial charge on any atom is 0.411 e. The van der Waals surface area contributed by atoms with Gasteiger partial charge in [0.25, 0.3) is 0 Å². The molecule has 46 heavy (non-hydrogen) atoms. The predicted octanol–water partition coefficient (Wildman–Crippen LogP) is 9.55. The van der Waals surface area contributed by atoms with E-state index in [2.05, 4.69) is 0 Å². The molecule has 5 nitrogen and oxygen atoms in total. The van der Waals surface area contributed by atoms with E-state index in [1.165, 1.54) is 66.0 Å². The van der Waals surface area contributed by atoms with E-state index in [4.69, 9.17) is 14.2 Å². The van der Waals surface area contributed by atoms with Gasteiger partial charge in [0, 0.05) is 5.56 Å². The standard InChI is InChI=1S/C35H30F6O5/c1-19-15-26(16-20(2)30(19)44-6)33(34(36,37)38,35(39,40)41)27-17-21(3)31(22(4)18-27)46-32(43)25-9-13-29(14-10-25)45-28-11-7-24(8-12-28)23(5)42/h7-18H,1-6H3. The van der Waals surface area contributed by atoms with E-state index in [0.717, 1.165) is 24.3 Å². The Hall–Kier alpha value is -4.80. The van der Waals surface area contributed by atoms with Crippen LogP contribution in [0.1, 0.15) is 61.0 Å². The van der Waals surface area contributed by atoms with Crippen LogP contribution >= 0.6 is 0 Å². The lowest BCUT2D eigenvalue weighted by Gasteiger charge is -2.39. The first-order valence-corrected chi connectivity index (χ1v) is 13.9. The fraction of sp³-hybridized carbons (Fsp3) is 0.257. The van der Waals surface area contributed by atoms with E-state index >= 15 is 0 Å². The van der Waals surface area contributed by atoms with Crippen molar-refractivity contribution in [2.24, 2.45) is 0 Å². The number of alkyl halides is 6. The van der Waals surface area contributed by atoms with E-state index in [1.54, 1.807) is 24.3 Å². The number of aryl methyl sites for hydroxylation is 4. The third-order valence-electron chi connectivity index (χ3n) is 7.62. The Kier molecular flexibility index (Phi) is 9.29. The quantitative estimate of drug-likeness (QED) is 0.0828. The van der Waals surface area contributed by atoms with Crippen molar-refractivity contribution in [3.8, 4) is 23.0 Å².